The van der Waals surface area contributed by atoms with Crippen molar-refractivity contribution < 1.29 is 14.3 Å². The lowest BCUT2D eigenvalue weighted by molar-refractivity contribution is 0.0779. The lowest BCUT2D eigenvalue weighted by Gasteiger charge is -2.16. The number of aryl methyl sites for hydroxylation is 1. The molecule has 0 N–H and O–H groups in total. The molecule has 118 valence electrons. The molecular weight excluding hydrogens is 298 g/mol. The van der Waals surface area contributed by atoms with E-state index >= 15 is 0 Å². The highest BCUT2D eigenvalue weighted by atomic mass is 32.1. The minimum Gasteiger partial charge on any atom is -0.497 e. The van der Waals surface area contributed by atoms with Gasteiger partial charge in [-0.15, -0.1) is 11.3 Å². The molecule has 2 heterocycles. The van der Waals surface area contributed by atoms with Crippen LogP contribution in [-0.2, 0) is 4.74 Å². The van der Waals surface area contributed by atoms with E-state index < -0.39 is 0 Å². The average molecular weight is 319 g/mol. The monoisotopic (exact) mass is 319 g/mol. The largest absolute Gasteiger partial charge is 0.497 e. The van der Waals surface area contributed by atoms with Crippen LogP contribution in [0.2, 0.25) is 0 Å². The van der Waals surface area contributed by atoms with Crippen LogP contribution in [0.1, 0.15) is 21.7 Å². The van der Waals surface area contributed by atoms with Crippen LogP contribution in [0.15, 0.2) is 18.2 Å². The highest BCUT2D eigenvalue weighted by Crippen LogP contribution is 2.34. The van der Waals surface area contributed by atoms with E-state index in [2.05, 4.69) is 0 Å². The first kappa shape index (κ1) is 15.3. The molecule has 1 amide bonds. The highest BCUT2D eigenvalue weighted by molar-refractivity contribution is 7.21. The Kier molecular flexibility index (Phi) is 4.36. The quantitative estimate of drug-likeness (QED) is 0.868. The van der Waals surface area contributed by atoms with E-state index in [1.807, 2.05) is 30.0 Å². The maximum Gasteiger partial charge on any atom is 0.264 e. The predicted molar refractivity (Wildman–Crippen MR) is 89.0 cm³/mol. The number of hydrogen-bond acceptors (Lipinski definition) is 4. The van der Waals surface area contributed by atoms with Gasteiger partial charge in [-0.2, -0.15) is 0 Å². The molecule has 1 atom stereocenters. The molecule has 0 spiro atoms. The summed E-state index contributed by atoms with van der Waals surface area (Å²) in [6.07, 6.45) is 1.03. The van der Waals surface area contributed by atoms with Gasteiger partial charge in [0.05, 0.1) is 18.6 Å². The topological polar surface area (TPSA) is 38.8 Å². The maximum atomic E-state index is 12.8. The molecule has 1 saturated heterocycles. The fourth-order valence-corrected chi connectivity index (χ4v) is 4.22. The number of fused-ring (bicyclic) bond motifs is 1. The number of carbonyl (C=O) groups is 1. The van der Waals surface area contributed by atoms with Crippen LogP contribution >= 0.6 is 11.3 Å². The van der Waals surface area contributed by atoms with Crippen LogP contribution in [0.4, 0.5) is 0 Å². The fourth-order valence-electron chi connectivity index (χ4n) is 3.06. The third-order valence-electron chi connectivity index (χ3n) is 4.31. The summed E-state index contributed by atoms with van der Waals surface area (Å²) in [5, 5.41) is 1.11. The number of benzene rings is 1. The highest BCUT2D eigenvalue weighted by Gasteiger charge is 2.29. The Morgan fingerprint density at radius 3 is 2.95 bits per heavy atom. The van der Waals surface area contributed by atoms with E-state index in [1.54, 1.807) is 25.6 Å². The molecule has 1 aromatic heterocycles. The zero-order valence-electron chi connectivity index (χ0n) is 13.2. The van der Waals surface area contributed by atoms with Crippen LogP contribution in [0, 0.1) is 12.8 Å². The number of thiophene rings is 1. The number of carbonyl (C=O) groups excluding carboxylic acids is 1. The van der Waals surface area contributed by atoms with Crippen molar-refractivity contribution in [3.8, 4) is 5.75 Å². The molecule has 4 nitrogen and oxygen atoms in total. The third kappa shape index (κ3) is 2.71. The van der Waals surface area contributed by atoms with E-state index in [1.165, 1.54) is 0 Å². The molecule has 0 aliphatic carbocycles. The van der Waals surface area contributed by atoms with Crippen LogP contribution in [0.25, 0.3) is 10.1 Å². The standard InChI is InChI=1S/C17H21NO3S/c1-11-14-8-13(21-3)4-5-15(14)22-16(11)17(19)18-7-6-12(9-18)10-20-2/h4-5,8,12H,6-7,9-10H2,1-3H3. The minimum atomic E-state index is 0.149. The first-order valence-electron chi connectivity index (χ1n) is 7.49. The molecule has 1 aromatic carbocycles. The summed E-state index contributed by atoms with van der Waals surface area (Å²) in [7, 11) is 3.38. The van der Waals surface area contributed by atoms with Crippen molar-refractivity contribution in [3.05, 3.63) is 28.6 Å². The maximum absolute atomic E-state index is 12.8. The van der Waals surface area contributed by atoms with Gasteiger partial charge in [-0.25, -0.2) is 0 Å². The number of methoxy groups -OCH3 is 2. The Bertz CT molecular complexity index is 695. The Labute approximate surface area is 134 Å². The third-order valence-corrected chi connectivity index (χ3v) is 5.57. The van der Waals surface area contributed by atoms with Gasteiger partial charge in [0.1, 0.15) is 5.75 Å². The fraction of sp³-hybridized carbons (Fsp3) is 0.471. The van der Waals surface area contributed by atoms with Crippen LogP contribution in [0.5, 0.6) is 5.75 Å². The Balaban J connectivity index is 1.87. The molecule has 1 fully saturated rings. The lowest BCUT2D eigenvalue weighted by Crippen LogP contribution is -2.29. The van der Waals surface area contributed by atoms with Gasteiger partial charge in [0.25, 0.3) is 5.91 Å². The van der Waals surface area contributed by atoms with Gasteiger partial charge in [-0.3, -0.25) is 4.79 Å². The summed E-state index contributed by atoms with van der Waals surface area (Å²) in [5.41, 5.74) is 1.05. The number of amides is 1. The molecule has 1 aliphatic heterocycles. The van der Waals surface area contributed by atoms with E-state index in [-0.39, 0.29) is 5.91 Å². The number of likely N-dealkylation sites (tertiary alicyclic amines) is 1. The van der Waals surface area contributed by atoms with Gasteiger partial charge in [0, 0.05) is 30.8 Å². The summed E-state index contributed by atoms with van der Waals surface area (Å²) in [6, 6.07) is 5.98. The smallest absolute Gasteiger partial charge is 0.264 e. The van der Waals surface area contributed by atoms with E-state index in [4.69, 9.17) is 9.47 Å². The second kappa shape index (κ2) is 6.26. The second-order valence-electron chi connectivity index (χ2n) is 5.78. The molecular formula is C17H21NO3S. The normalized spacial score (nSPS) is 18.1. The Morgan fingerprint density at radius 1 is 1.41 bits per heavy atom. The number of ether oxygens (including phenoxy) is 2. The number of rotatable bonds is 4. The van der Waals surface area contributed by atoms with Gasteiger partial charge in [0.2, 0.25) is 0 Å². The molecule has 0 bridgehead atoms. The Hall–Kier alpha value is -1.59. The first-order chi connectivity index (χ1) is 10.6. The van der Waals surface area contributed by atoms with Crippen molar-refractivity contribution in [1.29, 1.82) is 0 Å². The summed E-state index contributed by atoms with van der Waals surface area (Å²) >= 11 is 1.57. The zero-order chi connectivity index (χ0) is 15.7. The van der Waals surface area contributed by atoms with Gasteiger partial charge >= 0.3 is 0 Å². The number of hydrogen-bond donors (Lipinski definition) is 0. The molecule has 2 aromatic rings. The molecule has 5 heteroatoms. The zero-order valence-corrected chi connectivity index (χ0v) is 14.0. The Morgan fingerprint density at radius 2 is 2.23 bits per heavy atom. The molecule has 22 heavy (non-hydrogen) atoms. The molecule has 1 unspecified atom stereocenters. The van der Waals surface area contributed by atoms with Crippen molar-refractivity contribution in [2.75, 3.05) is 33.9 Å². The molecule has 3 rings (SSSR count). The first-order valence-corrected chi connectivity index (χ1v) is 8.31. The van der Waals surface area contributed by atoms with Crippen molar-refractivity contribution in [2.24, 2.45) is 5.92 Å². The summed E-state index contributed by atoms with van der Waals surface area (Å²) in [6.45, 7) is 4.37. The van der Waals surface area contributed by atoms with Gasteiger partial charge in [-0.1, -0.05) is 0 Å². The predicted octanol–water partition coefficient (Wildman–Crippen LogP) is 3.33. The average Bonchev–Trinajstić information content (AvgIpc) is 3.12. The van der Waals surface area contributed by atoms with Crippen LogP contribution in [-0.4, -0.2) is 44.7 Å². The SMILES string of the molecule is COCC1CCN(C(=O)c2sc3ccc(OC)cc3c2C)C1. The molecule has 0 radical (unpaired) electrons. The van der Waals surface area contributed by atoms with E-state index in [9.17, 15) is 4.79 Å². The van der Waals surface area contributed by atoms with Gasteiger partial charge in [-0.05, 0) is 42.5 Å². The van der Waals surface area contributed by atoms with Gasteiger partial charge < -0.3 is 14.4 Å². The van der Waals surface area contributed by atoms with Crippen molar-refractivity contribution >= 4 is 27.3 Å². The second-order valence-corrected chi connectivity index (χ2v) is 6.83. The van der Waals surface area contributed by atoms with E-state index in [0.29, 0.717) is 5.92 Å². The summed E-state index contributed by atoms with van der Waals surface area (Å²) < 4.78 is 11.6. The summed E-state index contributed by atoms with van der Waals surface area (Å²) in [5.74, 6) is 1.44. The van der Waals surface area contributed by atoms with Gasteiger partial charge in [0.15, 0.2) is 0 Å². The van der Waals surface area contributed by atoms with Crippen molar-refractivity contribution in [3.63, 3.8) is 0 Å². The molecule has 0 saturated carbocycles. The lowest BCUT2D eigenvalue weighted by atomic mass is 10.1. The van der Waals surface area contributed by atoms with E-state index in [0.717, 1.165) is 52.4 Å². The van der Waals surface area contributed by atoms with Crippen LogP contribution < -0.4 is 4.74 Å². The number of nitrogens with zero attached hydrogens (tertiary/aromatic N) is 1. The van der Waals surface area contributed by atoms with Crippen molar-refractivity contribution in [2.45, 2.75) is 13.3 Å². The summed E-state index contributed by atoms with van der Waals surface area (Å²) in [4.78, 5) is 15.6. The van der Waals surface area contributed by atoms with Crippen LogP contribution in [0.3, 0.4) is 0 Å². The van der Waals surface area contributed by atoms with Crippen molar-refractivity contribution in [1.82, 2.24) is 4.90 Å². The molecule has 1 aliphatic rings. The minimum absolute atomic E-state index is 0.149.